The van der Waals surface area contributed by atoms with Crippen LogP contribution < -0.4 is 15.8 Å². The predicted octanol–water partition coefficient (Wildman–Crippen LogP) is 4.09. The number of hydrogen-bond donors (Lipinski definition) is 0. The topological polar surface area (TPSA) is 69.7 Å². The van der Waals surface area contributed by atoms with Gasteiger partial charge in [-0.15, -0.1) is 0 Å². The number of aryl methyl sites for hydroxylation is 2. The Labute approximate surface area is 147 Å². The van der Waals surface area contributed by atoms with E-state index in [1.807, 2.05) is 19.9 Å². The summed E-state index contributed by atoms with van der Waals surface area (Å²) >= 11 is 0. The fourth-order valence-electron chi connectivity index (χ4n) is 3.44. The fraction of sp³-hybridized carbons (Fsp3) is 0.300. The summed E-state index contributed by atoms with van der Waals surface area (Å²) in [6.07, 6.45) is 4.32. The molecule has 26 heavy (non-hydrogen) atoms. The average Bonchev–Trinajstić information content (AvgIpc) is 2.58. The van der Waals surface area contributed by atoms with Crippen molar-refractivity contribution in [1.29, 1.82) is 0 Å². The van der Waals surface area contributed by atoms with Crippen molar-refractivity contribution in [3.05, 3.63) is 55.5 Å². The van der Waals surface area contributed by atoms with Crippen LogP contribution in [0.15, 0.2) is 30.6 Å². The number of benzene rings is 1. The smallest absolute Gasteiger partial charge is 0.372 e. The van der Waals surface area contributed by atoms with Gasteiger partial charge in [0, 0.05) is 11.6 Å². The third kappa shape index (κ3) is 2.29. The molecule has 0 N–H and O–H groups in total. The molecule has 134 valence electrons. The second-order valence-corrected chi connectivity index (χ2v) is 6.49. The van der Waals surface area contributed by atoms with Gasteiger partial charge < -0.3 is 13.6 Å². The fourth-order valence-corrected chi connectivity index (χ4v) is 3.44. The molecule has 1 aromatic carbocycles. The van der Waals surface area contributed by atoms with Crippen molar-refractivity contribution >= 4 is 28.0 Å². The minimum Gasteiger partial charge on any atom is -0.485 e. The SMILES string of the molecule is CCCc1c(F)c(=O)oc2c1c1c(c3oc(C)cc(=O)c32)C=CC(C)O1. The standard InChI is InChI=1S/C20H17FO5/c1-4-5-11-14-17-12(7-6-9(2)24-17)18-15(13(22)8-10(3)25-18)19(14)26-20(23)16(11)21/h6-9H,4-5H2,1-3H3. The van der Waals surface area contributed by atoms with Crippen molar-refractivity contribution in [1.82, 2.24) is 0 Å². The molecule has 0 spiro atoms. The molecule has 0 aliphatic carbocycles. The molecule has 5 nitrogen and oxygen atoms in total. The van der Waals surface area contributed by atoms with Crippen LogP contribution in [0.3, 0.4) is 0 Å². The molecule has 3 aromatic rings. The van der Waals surface area contributed by atoms with E-state index in [9.17, 15) is 14.0 Å². The van der Waals surface area contributed by atoms with Crippen LogP contribution in [0.2, 0.25) is 0 Å². The van der Waals surface area contributed by atoms with E-state index in [0.717, 1.165) is 0 Å². The quantitative estimate of drug-likeness (QED) is 0.511. The predicted molar refractivity (Wildman–Crippen MR) is 96.3 cm³/mol. The summed E-state index contributed by atoms with van der Waals surface area (Å²) < 4.78 is 31.5. The zero-order valence-electron chi connectivity index (χ0n) is 14.6. The van der Waals surface area contributed by atoms with E-state index in [1.165, 1.54) is 6.07 Å². The van der Waals surface area contributed by atoms with Crippen LogP contribution >= 0.6 is 0 Å². The monoisotopic (exact) mass is 356 g/mol. The summed E-state index contributed by atoms with van der Waals surface area (Å²) in [5, 5.41) is 0.459. The van der Waals surface area contributed by atoms with E-state index in [4.69, 9.17) is 13.6 Å². The molecule has 6 heteroatoms. The maximum atomic E-state index is 14.6. The van der Waals surface area contributed by atoms with Crippen LogP contribution in [0.1, 0.15) is 37.2 Å². The molecule has 1 atom stereocenters. The van der Waals surface area contributed by atoms with E-state index in [-0.39, 0.29) is 33.6 Å². The maximum absolute atomic E-state index is 14.6. The lowest BCUT2D eigenvalue weighted by Crippen LogP contribution is -2.17. The molecule has 1 unspecified atom stereocenters. The highest BCUT2D eigenvalue weighted by atomic mass is 19.1. The molecule has 0 bridgehead atoms. The van der Waals surface area contributed by atoms with Crippen LogP contribution in [0.4, 0.5) is 4.39 Å². The van der Waals surface area contributed by atoms with Gasteiger partial charge in [-0.05, 0) is 32.4 Å². The number of ether oxygens (including phenoxy) is 1. The van der Waals surface area contributed by atoms with Gasteiger partial charge in [0.15, 0.2) is 16.6 Å². The molecule has 1 aliphatic heterocycles. The Morgan fingerprint density at radius 3 is 2.65 bits per heavy atom. The Morgan fingerprint density at radius 1 is 1.15 bits per heavy atom. The molecule has 0 saturated carbocycles. The summed E-state index contributed by atoms with van der Waals surface area (Å²) in [6, 6.07) is 1.33. The number of halogens is 1. The highest BCUT2D eigenvalue weighted by Crippen LogP contribution is 2.42. The molecule has 0 fully saturated rings. The van der Waals surface area contributed by atoms with Crippen molar-refractivity contribution in [2.45, 2.75) is 39.7 Å². The van der Waals surface area contributed by atoms with Gasteiger partial charge in [-0.2, -0.15) is 4.39 Å². The molecular weight excluding hydrogens is 339 g/mol. The first-order chi connectivity index (χ1) is 12.4. The lowest BCUT2D eigenvalue weighted by Gasteiger charge is -2.22. The van der Waals surface area contributed by atoms with E-state index in [1.54, 1.807) is 13.0 Å². The molecule has 3 heterocycles. The van der Waals surface area contributed by atoms with Gasteiger partial charge in [0.1, 0.15) is 23.0 Å². The summed E-state index contributed by atoms with van der Waals surface area (Å²) in [4.78, 5) is 24.7. The highest BCUT2D eigenvalue weighted by molar-refractivity contribution is 6.10. The Bertz CT molecular complexity index is 1200. The zero-order chi connectivity index (χ0) is 18.6. The molecule has 4 rings (SSSR count). The van der Waals surface area contributed by atoms with Gasteiger partial charge in [0.25, 0.3) is 0 Å². The summed E-state index contributed by atoms with van der Waals surface area (Å²) in [5.74, 6) is -0.139. The molecule has 0 amide bonds. The van der Waals surface area contributed by atoms with E-state index in [0.29, 0.717) is 35.3 Å². The van der Waals surface area contributed by atoms with Crippen LogP contribution in [-0.4, -0.2) is 6.10 Å². The van der Waals surface area contributed by atoms with Crippen molar-refractivity contribution in [3.63, 3.8) is 0 Å². The Morgan fingerprint density at radius 2 is 1.92 bits per heavy atom. The van der Waals surface area contributed by atoms with Crippen molar-refractivity contribution < 1.29 is 18.0 Å². The van der Waals surface area contributed by atoms with Crippen LogP contribution in [0.5, 0.6) is 5.75 Å². The van der Waals surface area contributed by atoms with E-state index >= 15 is 0 Å². The number of fused-ring (bicyclic) bond motifs is 6. The largest absolute Gasteiger partial charge is 0.485 e. The van der Waals surface area contributed by atoms with Crippen LogP contribution in [0.25, 0.3) is 28.0 Å². The lowest BCUT2D eigenvalue weighted by molar-refractivity contribution is 0.269. The molecule has 1 aliphatic rings. The van der Waals surface area contributed by atoms with Gasteiger partial charge in [0.05, 0.1) is 10.9 Å². The minimum atomic E-state index is -1.10. The van der Waals surface area contributed by atoms with E-state index in [2.05, 4.69) is 0 Å². The van der Waals surface area contributed by atoms with Gasteiger partial charge in [-0.3, -0.25) is 4.79 Å². The number of rotatable bonds is 2. The first-order valence-corrected chi connectivity index (χ1v) is 8.52. The second-order valence-electron chi connectivity index (χ2n) is 6.49. The third-order valence-electron chi connectivity index (χ3n) is 4.52. The van der Waals surface area contributed by atoms with Crippen molar-refractivity contribution in [2.75, 3.05) is 0 Å². The summed E-state index contributed by atoms with van der Waals surface area (Å²) in [5.41, 5.74) is -0.388. The molecular formula is C20H17FO5. The van der Waals surface area contributed by atoms with Crippen LogP contribution in [0, 0.1) is 12.7 Å². The minimum absolute atomic E-state index is 0.0184. The van der Waals surface area contributed by atoms with Crippen LogP contribution in [-0.2, 0) is 6.42 Å². The van der Waals surface area contributed by atoms with Gasteiger partial charge >= 0.3 is 5.63 Å². The lowest BCUT2D eigenvalue weighted by atomic mass is 9.96. The normalized spacial score (nSPS) is 16.1. The Kier molecular flexibility index (Phi) is 3.72. The van der Waals surface area contributed by atoms with Gasteiger partial charge in [-0.1, -0.05) is 13.3 Å². The molecule has 0 saturated heterocycles. The van der Waals surface area contributed by atoms with Gasteiger partial charge in [0.2, 0.25) is 5.82 Å². The Hall–Kier alpha value is -2.89. The highest BCUT2D eigenvalue weighted by Gasteiger charge is 2.28. The third-order valence-corrected chi connectivity index (χ3v) is 4.52. The zero-order valence-corrected chi connectivity index (χ0v) is 14.6. The average molecular weight is 356 g/mol. The van der Waals surface area contributed by atoms with E-state index < -0.39 is 11.4 Å². The van der Waals surface area contributed by atoms with Crippen molar-refractivity contribution in [3.8, 4) is 5.75 Å². The Balaban J connectivity index is 2.35. The van der Waals surface area contributed by atoms with Crippen molar-refractivity contribution in [2.24, 2.45) is 0 Å². The summed E-state index contributed by atoms with van der Waals surface area (Å²) in [7, 11) is 0. The molecule has 2 aromatic heterocycles. The second kappa shape index (κ2) is 5.83. The molecule has 0 radical (unpaired) electrons. The van der Waals surface area contributed by atoms with Gasteiger partial charge in [-0.25, -0.2) is 4.79 Å². The first-order valence-electron chi connectivity index (χ1n) is 8.52. The maximum Gasteiger partial charge on any atom is 0.372 e. The summed E-state index contributed by atoms with van der Waals surface area (Å²) in [6.45, 7) is 5.39. The first kappa shape index (κ1) is 16.6. The number of hydrogen-bond acceptors (Lipinski definition) is 5.